The highest BCUT2D eigenvalue weighted by Crippen LogP contribution is 2.34. The van der Waals surface area contributed by atoms with Gasteiger partial charge < -0.3 is 10.1 Å². The Morgan fingerprint density at radius 1 is 1.50 bits per heavy atom. The lowest BCUT2D eigenvalue weighted by atomic mass is 9.78. The van der Waals surface area contributed by atoms with Gasteiger partial charge in [0.1, 0.15) is 0 Å². The smallest absolute Gasteiger partial charge is 0.314 e. The molecule has 0 bridgehead atoms. The minimum Gasteiger partial charge on any atom is -0.377 e. The average Bonchev–Trinajstić information content (AvgIpc) is 2.44. The molecule has 1 aliphatic heterocycles. The molecule has 122 valence electrons. The van der Waals surface area contributed by atoms with Gasteiger partial charge in [0.05, 0.1) is 11.0 Å². The standard InChI is InChI=1S/C16H25N3O3/c1-11-7-8-17-15(13(11)19(20)21)18-10-12-6-5-9-22-14(12)16(2,3)4/h7-8,12,14H,5-6,9-10H2,1-4H3,(H,17,18). The second-order valence-electron chi connectivity index (χ2n) is 7.02. The van der Waals surface area contributed by atoms with E-state index in [4.69, 9.17) is 4.74 Å². The Morgan fingerprint density at radius 3 is 2.86 bits per heavy atom. The van der Waals surface area contributed by atoms with Crippen molar-refractivity contribution in [3.63, 3.8) is 0 Å². The van der Waals surface area contributed by atoms with E-state index in [1.165, 1.54) is 0 Å². The van der Waals surface area contributed by atoms with Gasteiger partial charge in [0.25, 0.3) is 0 Å². The summed E-state index contributed by atoms with van der Waals surface area (Å²) in [5, 5.41) is 14.4. The summed E-state index contributed by atoms with van der Waals surface area (Å²) in [6.07, 6.45) is 3.85. The van der Waals surface area contributed by atoms with Crippen LogP contribution in [0, 0.1) is 28.4 Å². The van der Waals surface area contributed by atoms with Gasteiger partial charge in [0.15, 0.2) is 0 Å². The van der Waals surface area contributed by atoms with E-state index < -0.39 is 0 Å². The maximum absolute atomic E-state index is 11.2. The minimum atomic E-state index is -0.372. The fraction of sp³-hybridized carbons (Fsp3) is 0.688. The Labute approximate surface area is 131 Å². The lowest BCUT2D eigenvalue weighted by Gasteiger charge is -2.40. The molecule has 2 atom stereocenters. The molecule has 1 aliphatic rings. The molecule has 0 amide bonds. The second kappa shape index (κ2) is 6.60. The molecule has 0 aromatic carbocycles. The first kappa shape index (κ1) is 16.7. The van der Waals surface area contributed by atoms with Gasteiger partial charge in [0, 0.05) is 30.8 Å². The van der Waals surface area contributed by atoms with E-state index in [-0.39, 0.29) is 22.1 Å². The Kier molecular flexibility index (Phi) is 5.01. The Balaban J connectivity index is 2.12. The number of ether oxygens (including phenoxy) is 1. The lowest BCUT2D eigenvalue weighted by molar-refractivity contribution is -0.384. The third-order valence-electron chi connectivity index (χ3n) is 4.14. The van der Waals surface area contributed by atoms with Crippen LogP contribution in [-0.2, 0) is 4.74 Å². The van der Waals surface area contributed by atoms with Gasteiger partial charge >= 0.3 is 5.69 Å². The summed E-state index contributed by atoms with van der Waals surface area (Å²) in [5.41, 5.74) is 0.736. The van der Waals surface area contributed by atoms with Gasteiger partial charge in [0.2, 0.25) is 5.82 Å². The van der Waals surface area contributed by atoms with Crippen LogP contribution in [0.2, 0.25) is 0 Å². The van der Waals surface area contributed by atoms with Crippen LogP contribution in [0.5, 0.6) is 0 Å². The average molecular weight is 307 g/mol. The predicted octanol–water partition coefficient (Wildman–Crippen LogP) is 3.55. The van der Waals surface area contributed by atoms with E-state index in [9.17, 15) is 10.1 Å². The van der Waals surface area contributed by atoms with Crippen LogP contribution in [0.4, 0.5) is 11.5 Å². The van der Waals surface area contributed by atoms with E-state index in [1.54, 1.807) is 19.2 Å². The van der Waals surface area contributed by atoms with E-state index >= 15 is 0 Å². The van der Waals surface area contributed by atoms with Crippen LogP contribution in [0.25, 0.3) is 0 Å². The molecule has 1 aromatic rings. The summed E-state index contributed by atoms with van der Waals surface area (Å²) in [7, 11) is 0. The Hall–Kier alpha value is -1.69. The topological polar surface area (TPSA) is 77.3 Å². The number of aryl methyl sites for hydroxylation is 1. The third-order valence-corrected chi connectivity index (χ3v) is 4.14. The molecule has 22 heavy (non-hydrogen) atoms. The molecule has 0 aliphatic carbocycles. The maximum Gasteiger partial charge on any atom is 0.314 e. The summed E-state index contributed by atoms with van der Waals surface area (Å²) < 4.78 is 5.95. The molecule has 1 saturated heterocycles. The zero-order valence-corrected chi connectivity index (χ0v) is 13.8. The number of aromatic nitrogens is 1. The van der Waals surface area contributed by atoms with Crippen molar-refractivity contribution >= 4 is 11.5 Å². The third kappa shape index (κ3) is 3.74. The van der Waals surface area contributed by atoms with Crippen molar-refractivity contribution in [2.75, 3.05) is 18.5 Å². The molecule has 0 saturated carbocycles. The fourth-order valence-electron chi connectivity index (χ4n) is 3.15. The highest BCUT2D eigenvalue weighted by molar-refractivity contribution is 5.59. The van der Waals surface area contributed by atoms with Crippen molar-refractivity contribution in [2.24, 2.45) is 11.3 Å². The molecule has 1 aromatic heterocycles. The molecule has 6 heteroatoms. The van der Waals surface area contributed by atoms with Gasteiger partial charge in [-0.25, -0.2) is 4.98 Å². The number of pyridine rings is 1. The number of nitro groups is 1. The second-order valence-corrected chi connectivity index (χ2v) is 7.02. The van der Waals surface area contributed by atoms with E-state index in [0.29, 0.717) is 23.8 Å². The first-order valence-electron chi connectivity index (χ1n) is 7.76. The molecule has 2 unspecified atom stereocenters. The lowest BCUT2D eigenvalue weighted by Crippen LogP contribution is -2.42. The van der Waals surface area contributed by atoms with E-state index in [0.717, 1.165) is 19.4 Å². The normalized spacial score (nSPS) is 22.4. The molecular formula is C16H25N3O3. The largest absolute Gasteiger partial charge is 0.377 e. The van der Waals surface area contributed by atoms with Crippen molar-refractivity contribution in [3.8, 4) is 0 Å². The van der Waals surface area contributed by atoms with Gasteiger partial charge in [-0.2, -0.15) is 0 Å². The van der Waals surface area contributed by atoms with Crippen molar-refractivity contribution in [3.05, 3.63) is 27.9 Å². The molecular weight excluding hydrogens is 282 g/mol. The SMILES string of the molecule is Cc1ccnc(NCC2CCCOC2C(C)(C)C)c1[N+](=O)[O-]. The molecule has 0 radical (unpaired) electrons. The van der Waals surface area contributed by atoms with Gasteiger partial charge in [-0.3, -0.25) is 10.1 Å². The number of anilines is 1. The molecule has 1 N–H and O–H groups in total. The molecule has 1 fully saturated rings. The van der Waals surface area contributed by atoms with Crippen LogP contribution in [0.15, 0.2) is 12.3 Å². The van der Waals surface area contributed by atoms with Gasteiger partial charge in [-0.1, -0.05) is 20.8 Å². The van der Waals surface area contributed by atoms with Crippen molar-refractivity contribution in [2.45, 2.75) is 46.6 Å². The quantitative estimate of drug-likeness (QED) is 0.680. The first-order chi connectivity index (χ1) is 10.3. The van der Waals surface area contributed by atoms with Crippen LogP contribution in [-0.4, -0.2) is 29.2 Å². The fourth-order valence-corrected chi connectivity index (χ4v) is 3.15. The van der Waals surface area contributed by atoms with Crippen LogP contribution < -0.4 is 5.32 Å². The highest BCUT2D eigenvalue weighted by atomic mass is 16.6. The van der Waals surface area contributed by atoms with Crippen LogP contribution >= 0.6 is 0 Å². The summed E-state index contributed by atoms with van der Waals surface area (Å²) in [5.74, 6) is 0.680. The first-order valence-corrected chi connectivity index (χ1v) is 7.76. The monoisotopic (exact) mass is 307 g/mol. The summed E-state index contributed by atoms with van der Waals surface area (Å²) in [6.45, 7) is 9.67. The summed E-state index contributed by atoms with van der Waals surface area (Å²) >= 11 is 0. The molecule has 2 rings (SSSR count). The molecule has 6 nitrogen and oxygen atoms in total. The highest BCUT2D eigenvalue weighted by Gasteiger charge is 2.35. The summed E-state index contributed by atoms with van der Waals surface area (Å²) in [6, 6.07) is 1.66. The number of rotatable bonds is 4. The molecule has 0 spiro atoms. The van der Waals surface area contributed by atoms with Crippen molar-refractivity contribution < 1.29 is 9.66 Å². The predicted molar refractivity (Wildman–Crippen MR) is 86.0 cm³/mol. The number of hydrogen-bond acceptors (Lipinski definition) is 5. The van der Waals surface area contributed by atoms with E-state index in [2.05, 4.69) is 31.1 Å². The van der Waals surface area contributed by atoms with Crippen LogP contribution in [0.1, 0.15) is 39.2 Å². The zero-order chi connectivity index (χ0) is 16.3. The van der Waals surface area contributed by atoms with Gasteiger partial charge in [-0.05, 0) is 31.2 Å². The van der Waals surface area contributed by atoms with Gasteiger partial charge in [-0.15, -0.1) is 0 Å². The van der Waals surface area contributed by atoms with Crippen LogP contribution in [0.3, 0.4) is 0 Å². The number of hydrogen-bond donors (Lipinski definition) is 1. The Bertz CT molecular complexity index is 540. The Morgan fingerprint density at radius 2 is 2.23 bits per heavy atom. The number of nitrogens with zero attached hydrogens (tertiary/aromatic N) is 2. The molecule has 2 heterocycles. The van der Waals surface area contributed by atoms with Crippen molar-refractivity contribution in [1.29, 1.82) is 0 Å². The number of nitrogens with one attached hydrogen (secondary N) is 1. The maximum atomic E-state index is 11.2. The van der Waals surface area contributed by atoms with E-state index in [1.807, 2.05) is 0 Å². The zero-order valence-electron chi connectivity index (χ0n) is 13.8. The minimum absolute atomic E-state index is 0.0543. The van der Waals surface area contributed by atoms with Crippen molar-refractivity contribution in [1.82, 2.24) is 4.98 Å². The summed E-state index contributed by atoms with van der Waals surface area (Å²) in [4.78, 5) is 15.0.